The highest BCUT2D eigenvalue weighted by molar-refractivity contribution is 7.13. The molecule has 12 heteroatoms. The number of rotatable bonds is 5. The van der Waals surface area contributed by atoms with Gasteiger partial charge in [0, 0.05) is 43.5 Å². The van der Waals surface area contributed by atoms with E-state index in [4.69, 9.17) is 5.73 Å². The lowest BCUT2D eigenvalue weighted by Gasteiger charge is -2.37. The molecule has 0 bridgehead atoms. The fourth-order valence-corrected chi connectivity index (χ4v) is 5.00. The van der Waals surface area contributed by atoms with Crippen LogP contribution >= 0.6 is 23.7 Å². The van der Waals surface area contributed by atoms with Gasteiger partial charge in [-0.15, -0.1) is 23.7 Å². The Balaban J connectivity index is 0.00000341. The molecule has 0 spiro atoms. The maximum Gasteiger partial charge on any atom is 0.309 e. The summed E-state index contributed by atoms with van der Waals surface area (Å²) in [7, 11) is 3.73. The van der Waals surface area contributed by atoms with Crippen molar-refractivity contribution in [2.45, 2.75) is 51.4 Å². The first-order valence-corrected chi connectivity index (χ1v) is 10.8. The minimum atomic E-state index is -1.08. The first-order valence-electron chi connectivity index (χ1n) is 10.0. The molecule has 0 unspecified atom stereocenters. The maximum atomic E-state index is 12.9. The van der Waals surface area contributed by atoms with E-state index in [0.717, 1.165) is 17.1 Å². The van der Waals surface area contributed by atoms with Crippen molar-refractivity contribution in [2.75, 3.05) is 20.6 Å². The molecule has 1 aliphatic heterocycles. The van der Waals surface area contributed by atoms with E-state index in [1.807, 2.05) is 14.0 Å². The topological polar surface area (TPSA) is 138 Å². The van der Waals surface area contributed by atoms with Crippen molar-refractivity contribution in [1.82, 2.24) is 25.4 Å². The highest BCUT2D eigenvalue weighted by Gasteiger charge is 2.37. The van der Waals surface area contributed by atoms with Crippen LogP contribution < -0.4 is 16.4 Å². The molecule has 1 aromatic heterocycles. The minimum absolute atomic E-state index is 0. The van der Waals surface area contributed by atoms with Crippen molar-refractivity contribution in [3.05, 3.63) is 15.6 Å². The highest BCUT2D eigenvalue weighted by Crippen LogP contribution is 2.29. The lowest BCUT2D eigenvalue weighted by molar-refractivity contribution is -0.138. The third-order valence-electron chi connectivity index (χ3n) is 5.71. The molecule has 2 aliphatic rings. The average Bonchev–Trinajstić information content (AvgIpc) is 3.25. The number of hydrogen-bond acceptors (Lipinski definition) is 7. The van der Waals surface area contributed by atoms with Crippen LogP contribution in [-0.2, 0) is 27.5 Å². The van der Waals surface area contributed by atoms with Crippen LogP contribution in [0.4, 0.5) is 0 Å². The van der Waals surface area contributed by atoms with Gasteiger partial charge in [-0.2, -0.15) is 0 Å². The highest BCUT2D eigenvalue weighted by atomic mass is 35.5. The van der Waals surface area contributed by atoms with Gasteiger partial charge >= 0.3 is 11.8 Å². The normalized spacial score (nSPS) is 22.7. The molecule has 0 aromatic carbocycles. The van der Waals surface area contributed by atoms with Crippen molar-refractivity contribution in [2.24, 2.45) is 11.7 Å². The number of carbonyl (C=O) groups is 4. The Hall–Kier alpha value is -2.24. The number of nitrogens with one attached hydrogen (secondary N) is 2. The van der Waals surface area contributed by atoms with E-state index in [1.165, 1.54) is 11.3 Å². The Morgan fingerprint density at radius 1 is 1.19 bits per heavy atom. The number of carbonyl (C=O) groups excluding carboxylic acids is 4. The van der Waals surface area contributed by atoms with Crippen LogP contribution in [0, 0.1) is 5.92 Å². The monoisotopic (exact) mass is 472 g/mol. The Morgan fingerprint density at radius 2 is 1.90 bits per heavy atom. The van der Waals surface area contributed by atoms with E-state index in [2.05, 4.69) is 20.5 Å². The number of aromatic nitrogens is 1. The second-order valence-corrected chi connectivity index (χ2v) is 9.03. The second kappa shape index (κ2) is 10.4. The molecule has 10 nitrogen and oxygen atoms in total. The van der Waals surface area contributed by atoms with Gasteiger partial charge in [0.25, 0.3) is 5.91 Å². The molecular weight excluding hydrogens is 444 g/mol. The van der Waals surface area contributed by atoms with Crippen LogP contribution in [0.5, 0.6) is 0 Å². The third-order valence-corrected chi connectivity index (χ3v) is 6.79. The lowest BCUT2D eigenvalue weighted by Crippen LogP contribution is -2.57. The Morgan fingerprint density at radius 3 is 2.52 bits per heavy atom. The molecule has 1 aliphatic carbocycles. The summed E-state index contributed by atoms with van der Waals surface area (Å²) in [5, 5.41) is 5.89. The molecule has 1 fully saturated rings. The van der Waals surface area contributed by atoms with E-state index in [1.54, 1.807) is 11.9 Å². The summed E-state index contributed by atoms with van der Waals surface area (Å²) in [5.74, 6) is -2.57. The van der Waals surface area contributed by atoms with Gasteiger partial charge in [-0.3, -0.25) is 24.1 Å². The molecule has 31 heavy (non-hydrogen) atoms. The number of hydrogen-bond donors (Lipinski definition) is 3. The summed E-state index contributed by atoms with van der Waals surface area (Å²) in [5.41, 5.74) is 5.97. The molecule has 1 aromatic rings. The largest absolute Gasteiger partial charge is 0.361 e. The summed E-state index contributed by atoms with van der Waals surface area (Å²) >= 11 is 1.36. The summed E-state index contributed by atoms with van der Waals surface area (Å²) in [6.45, 7) is 3.96. The van der Waals surface area contributed by atoms with Crippen LogP contribution in [-0.4, -0.2) is 71.1 Å². The van der Waals surface area contributed by atoms with E-state index in [0.29, 0.717) is 37.4 Å². The average molecular weight is 473 g/mol. The third kappa shape index (κ3) is 5.72. The van der Waals surface area contributed by atoms with E-state index in [-0.39, 0.29) is 30.1 Å². The Kier molecular flexibility index (Phi) is 8.38. The van der Waals surface area contributed by atoms with Crippen molar-refractivity contribution in [1.29, 1.82) is 0 Å². The van der Waals surface area contributed by atoms with Crippen LogP contribution in [0.2, 0.25) is 0 Å². The molecular formula is C19H29ClN6O4S. The van der Waals surface area contributed by atoms with Gasteiger partial charge in [0.1, 0.15) is 0 Å². The summed E-state index contributed by atoms with van der Waals surface area (Å²) in [6.07, 6.45) is 1.38. The van der Waals surface area contributed by atoms with E-state index < -0.39 is 23.9 Å². The molecule has 172 valence electrons. The number of fused-ring (bicyclic) bond motifs is 1. The number of nitrogens with zero attached hydrogens (tertiary/aromatic N) is 3. The molecule has 0 radical (unpaired) electrons. The predicted molar refractivity (Wildman–Crippen MR) is 118 cm³/mol. The number of halogens is 1. The minimum Gasteiger partial charge on any atom is -0.361 e. The summed E-state index contributed by atoms with van der Waals surface area (Å²) in [6, 6.07) is -0.988. The second-order valence-electron chi connectivity index (χ2n) is 7.95. The zero-order chi connectivity index (χ0) is 22.0. The van der Waals surface area contributed by atoms with E-state index >= 15 is 0 Å². The molecule has 3 atom stereocenters. The van der Waals surface area contributed by atoms with Crippen LogP contribution in [0.1, 0.15) is 46.6 Å². The molecule has 2 heterocycles. The van der Waals surface area contributed by atoms with Crippen molar-refractivity contribution >= 4 is 47.4 Å². The quantitative estimate of drug-likeness (QED) is 0.510. The van der Waals surface area contributed by atoms with Crippen LogP contribution in [0.25, 0.3) is 0 Å². The Bertz CT molecular complexity index is 839. The SMILES string of the molecule is CCN(C)C(=O)[C@H]1CC[C@H](NC(=O)C(N)=O)[C@H](NC(=O)c2nc3c(s2)CN(C)C3)C1.Cl. The van der Waals surface area contributed by atoms with Gasteiger partial charge in [-0.1, -0.05) is 0 Å². The number of primary amides is 1. The molecule has 3 rings (SSSR count). The lowest BCUT2D eigenvalue weighted by atomic mass is 9.81. The van der Waals surface area contributed by atoms with Gasteiger partial charge in [0.15, 0.2) is 5.01 Å². The van der Waals surface area contributed by atoms with Gasteiger partial charge in [-0.05, 0) is 33.2 Å². The molecule has 1 saturated carbocycles. The van der Waals surface area contributed by atoms with Gasteiger partial charge in [0.2, 0.25) is 5.91 Å². The standard InChI is InChI=1S/C19H28N6O4S.ClH/c1-4-25(3)19(29)10-5-6-11(21-16(27)15(20)26)12(7-10)22-17(28)18-23-13-8-24(2)9-14(13)30-18;/h10-12H,4-9H2,1-3H3,(H2,20,26)(H,21,27)(H,22,28);1H/t10-,11-,12+;/m0./s1. The maximum absolute atomic E-state index is 12.9. The molecule has 0 saturated heterocycles. The first-order chi connectivity index (χ1) is 14.2. The van der Waals surface area contributed by atoms with Crippen molar-refractivity contribution in [3.8, 4) is 0 Å². The first kappa shape index (κ1) is 25.0. The van der Waals surface area contributed by atoms with Crippen molar-refractivity contribution < 1.29 is 19.2 Å². The summed E-state index contributed by atoms with van der Waals surface area (Å²) in [4.78, 5) is 57.8. The number of thiazole rings is 1. The zero-order valence-corrected chi connectivity index (χ0v) is 19.5. The van der Waals surface area contributed by atoms with Crippen LogP contribution in [0.15, 0.2) is 0 Å². The van der Waals surface area contributed by atoms with Gasteiger partial charge in [-0.25, -0.2) is 4.98 Å². The predicted octanol–water partition coefficient (Wildman–Crippen LogP) is -0.143. The summed E-state index contributed by atoms with van der Waals surface area (Å²) < 4.78 is 0. The number of amides is 4. The van der Waals surface area contributed by atoms with Crippen LogP contribution in [0.3, 0.4) is 0 Å². The van der Waals surface area contributed by atoms with Crippen molar-refractivity contribution in [3.63, 3.8) is 0 Å². The van der Waals surface area contributed by atoms with Gasteiger partial charge in [0.05, 0.1) is 11.7 Å². The Labute approximate surface area is 191 Å². The smallest absolute Gasteiger partial charge is 0.309 e. The number of nitrogens with two attached hydrogens (primary N) is 1. The van der Waals surface area contributed by atoms with Gasteiger partial charge < -0.3 is 21.3 Å². The zero-order valence-electron chi connectivity index (χ0n) is 17.8. The fourth-order valence-electron chi connectivity index (χ4n) is 3.95. The fraction of sp³-hybridized carbons (Fsp3) is 0.632. The molecule has 4 N–H and O–H groups in total. The molecule has 4 amide bonds. The van der Waals surface area contributed by atoms with E-state index in [9.17, 15) is 19.2 Å².